The fraction of sp³-hybridized carbons (Fsp3) is 0.467. The Balaban J connectivity index is 1.55. The molecule has 1 unspecified atom stereocenters. The minimum Gasteiger partial charge on any atom is -0.489 e. The highest BCUT2D eigenvalue weighted by atomic mass is 32.2. The number of ether oxygens (including phenoxy) is 1. The van der Waals surface area contributed by atoms with Crippen LogP contribution < -0.4 is 15.4 Å². The van der Waals surface area contributed by atoms with Crippen LogP contribution in [0, 0.1) is 11.8 Å². The lowest BCUT2D eigenvalue weighted by atomic mass is 10.0. The summed E-state index contributed by atoms with van der Waals surface area (Å²) in [7, 11) is -3.49. The van der Waals surface area contributed by atoms with Crippen LogP contribution in [0.25, 0.3) is 10.1 Å². The molecule has 1 saturated heterocycles. The Hall–Kier alpha value is -3.02. The van der Waals surface area contributed by atoms with E-state index >= 15 is 0 Å². The second-order valence-corrected chi connectivity index (χ2v) is 13.6. The molecule has 1 aliphatic rings. The SMILES string of the molecule is CC(O)CN1CCC(Nc2cccc3c(CC(F)(F)F)c(C#CCNc4ccc(S(C)(=O)=O)cc4OCCO)sc23)CC1. The van der Waals surface area contributed by atoms with Crippen LogP contribution in [0.5, 0.6) is 5.75 Å². The largest absolute Gasteiger partial charge is 0.489 e. The van der Waals surface area contributed by atoms with Gasteiger partial charge in [0.25, 0.3) is 0 Å². The van der Waals surface area contributed by atoms with Crippen molar-refractivity contribution < 1.29 is 36.5 Å². The minimum absolute atomic E-state index is 0.0481. The van der Waals surface area contributed by atoms with E-state index in [4.69, 9.17) is 9.84 Å². The number of sulfone groups is 1. The van der Waals surface area contributed by atoms with Crippen LogP contribution >= 0.6 is 11.3 Å². The Morgan fingerprint density at radius 1 is 1.19 bits per heavy atom. The predicted octanol–water partition coefficient (Wildman–Crippen LogP) is 4.50. The first-order valence-electron chi connectivity index (χ1n) is 13.9. The molecule has 0 aliphatic carbocycles. The third-order valence-electron chi connectivity index (χ3n) is 6.96. The highest BCUT2D eigenvalue weighted by Crippen LogP contribution is 2.39. The number of hydrogen-bond acceptors (Lipinski definition) is 9. The molecule has 43 heavy (non-hydrogen) atoms. The summed E-state index contributed by atoms with van der Waals surface area (Å²) in [6.07, 6.45) is -3.12. The fourth-order valence-corrected chi connectivity index (χ4v) is 6.84. The molecule has 1 fully saturated rings. The molecule has 8 nitrogen and oxygen atoms in total. The Morgan fingerprint density at radius 3 is 2.58 bits per heavy atom. The summed E-state index contributed by atoms with van der Waals surface area (Å²) in [6.45, 7) is 3.78. The Morgan fingerprint density at radius 2 is 1.93 bits per heavy atom. The second-order valence-electron chi connectivity index (χ2n) is 10.6. The molecule has 0 bridgehead atoms. The van der Waals surface area contributed by atoms with Crippen LogP contribution in [-0.4, -0.2) is 87.5 Å². The van der Waals surface area contributed by atoms with E-state index in [1.807, 2.05) is 6.07 Å². The molecular formula is C30H36F3N3O5S2. The normalized spacial score (nSPS) is 15.6. The van der Waals surface area contributed by atoms with Gasteiger partial charge in [0, 0.05) is 38.0 Å². The number of thiophene rings is 1. The van der Waals surface area contributed by atoms with Gasteiger partial charge >= 0.3 is 6.18 Å². The lowest BCUT2D eigenvalue weighted by Crippen LogP contribution is -2.41. The van der Waals surface area contributed by atoms with E-state index in [0.29, 0.717) is 22.5 Å². The molecule has 13 heteroatoms. The first-order chi connectivity index (χ1) is 20.3. The van der Waals surface area contributed by atoms with Gasteiger partial charge in [-0.3, -0.25) is 0 Å². The van der Waals surface area contributed by atoms with Crippen molar-refractivity contribution in [1.82, 2.24) is 4.90 Å². The Bertz CT molecular complexity index is 1570. The first-order valence-corrected chi connectivity index (χ1v) is 16.6. The average Bonchev–Trinajstić information content (AvgIpc) is 3.27. The number of hydrogen-bond donors (Lipinski definition) is 4. The lowest BCUT2D eigenvalue weighted by molar-refractivity contribution is -0.126. The van der Waals surface area contributed by atoms with Crippen molar-refractivity contribution in [2.24, 2.45) is 0 Å². The van der Waals surface area contributed by atoms with Crippen LogP contribution in [0.15, 0.2) is 41.3 Å². The molecule has 3 aromatic rings. The molecule has 2 aromatic carbocycles. The Labute approximate surface area is 253 Å². The van der Waals surface area contributed by atoms with E-state index in [-0.39, 0.29) is 42.0 Å². The van der Waals surface area contributed by atoms with Crippen molar-refractivity contribution in [1.29, 1.82) is 0 Å². The van der Waals surface area contributed by atoms with Crippen LogP contribution in [0.4, 0.5) is 24.5 Å². The number of aliphatic hydroxyl groups is 2. The number of alkyl halides is 3. The highest BCUT2D eigenvalue weighted by molar-refractivity contribution is 7.90. The molecular weight excluding hydrogens is 603 g/mol. The maximum Gasteiger partial charge on any atom is 0.393 e. The number of nitrogens with one attached hydrogen (secondary N) is 2. The molecule has 0 radical (unpaired) electrons. The minimum atomic E-state index is -4.41. The van der Waals surface area contributed by atoms with Crippen molar-refractivity contribution in [3.05, 3.63) is 46.8 Å². The van der Waals surface area contributed by atoms with Gasteiger partial charge in [0.2, 0.25) is 0 Å². The molecule has 4 rings (SSSR count). The quantitative estimate of drug-likeness (QED) is 0.227. The number of likely N-dealkylation sites (tertiary alicyclic amines) is 1. The van der Waals surface area contributed by atoms with Crippen LogP contribution in [-0.2, 0) is 16.3 Å². The highest BCUT2D eigenvalue weighted by Gasteiger charge is 2.31. The smallest absolute Gasteiger partial charge is 0.393 e. The molecule has 0 spiro atoms. The maximum absolute atomic E-state index is 13.6. The summed E-state index contributed by atoms with van der Waals surface area (Å²) in [5.74, 6) is 6.03. The zero-order valence-corrected chi connectivity index (χ0v) is 25.6. The maximum atomic E-state index is 13.6. The van der Waals surface area contributed by atoms with Crippen LogP contribution in [0.3, 0.4) is 0 Å². The molecule has 4 N–H and O–H groups in total. The van der Waals surface area contributed by atoms with Gasteiger partial charge in [-0.05, 0) is 48.9 Å². The van der Waals surface area contributed by atoms with Crippen molar-refractivity contribution in [3.8, 4) is 17.6 Å². The van der Waals surface area contributed by atoms with E-state index in [1.165, 1.54) is 29.5 Å². The van der Waals surface area contributed by atoms with Gasteiger partial charge in [0.05, 0.1) is 51.5 Å². The predicted molar refractivity (Wildman–Crippen MR) is 164 cm³/mol. The molecule has 1 aromatic heterocycles. The number of rotatable bonds is 11. The van der Waals surface area contributed by atoms with Gasteiger partial charge in [-0.25, -0.2) is 8.42 Å². The first kappa shape index (κ1) is 32.9. The summed E-state index contributed by atoms with van der Waals surface area (Å²) in [5.41, 5.74) is 1.36. The number of fused-ring (bicyclic) bond motifs is 1. The van der Waals surface area contributed by atoms with Crippen molar-refractivity contribution in [2.45, 2.75) is 49.4 Å². The number of anilines is 2. The van der Waals surface area contributed by atoms with Crippen molar-refractivity contribution in [3.63, 3.8) is 0 Å². The van der Waals surface area contributed by atoms with Crippen LogP contribution in [0.1, 0.15) is 30.2 Å². The lowest BCUT2D eigenvalue weighted by Gasteiger charge is -2.33. The molecule has 234 valence electrons. The summed E-state index contributed by atoms with van der Waals surface area (Å²) >= 11 is 1.23. The summed E-state index contributed by atoms with van der Waals surface area (Å²) in [6, 6.07) is 9.78. The molecule has 0 saturated carbocycles. The third kappa shape index (κ3) is 9.23. The number of halogens is 3. The Kier molecular flexibility index (Phi) is 10.8. The van der Waals surface area contributed by atoms with Crippen LogP contribution in [0.2, 0.25) is 0 Å². The zero-order chi connectivity index (χ0) is 31.2. The summed E-state index contributed by atoms with van der Waals surface area (Å²) < 4.78 is 71.0. The van der Waals surface area contributed by atoms with Gasteiger partial charge in [0.1, 0.15) is 12.4 Å². The van der Waals surface area contributed by atoms with Gasteiger partial charge in [-0.2, -0.15) is 13.2 Å². The van der Waals surface area contributed by atoms with E-state index in [2.05, 4.69) is 27.4 Å². The molecule has 1 aliphatic heterocycles. The van der Waals surface area contributed by atoms with Gasteiger partial charge in [-0.15, -0.1) is 11.3 Å². The monoisotopic (exact) mass is 639 g/mol. The van der Waals surface area contributed by atoms with Crippen molar-refractivity contribution >= 4 is 42.6 Å². The topological polar surface area (TPSA) is 111 Å². The number of aliphatic hydroxyl groups excluding tert-OH is 2. The third-order valence-corrected chi connectivity index (χ3v) is 9.27. The van der Waals surface area contributed by atoms with Crippen molar-refractivity contribution in [2.75, 3.05) is 56.3 Å². The van der Waals surface area contributed by atoms with Gasteiger partial charge in [0.15, 0.2) is 9.84 Å². The van der Waals surface area contributed by atoms with Gasteiger partial charge in [-0.1, -0.05) is 24.0 Å². The second kappa shape index (κ2) is 14.2. The van der Waals surface area contributed by atoms with E-state index < -0.39 is 28.5 Å². The van der Waals surface area contributed by atoms with E-state index in [1.54, 1.807) is 19.1 Å². The van der Waals surface area contributed by atoms with Gasteiger partial charge < -0.3 is 30.5 Å². The standard InChI is InChI=1S/C30H36F3N3O5S2/c1-20(38)19-36-13-10-21(11-14-36)35-26-6-3-5-23-24(18-30(31,32)33)28(42-29(23)26)7-4-12-34-25-9-8-22(43(2,39)40)17-27(25)41-16-15-37/h3,5-6,8-9,17,20-21,34-35,37-38H,10-16,18-19H2,1-2H3. The molecule has 0 amide bonds. The molecule has 1 atom stereocenters. The number of nitrogens with zero attached hydrogens (tertiary/aromatic N) is 1. The van der Waals surface area contributed by atoms with E-state index in [9.17, 15) is 26.7 Å². The van der Waals surface area contributed by atoms with E-state index in [0.717, 1.165) is 42.6 Å². The molecule has 2 heterocycles. The average molecular weight is 640 g/mol. The summed E-state index contributed by atoms with van der Waals surface area (Å²) in [4.78, 5) is 2.59. The number of benzene rings is 2. The fourth-order valence-electron chi connectivity index (χ4n) is 5.03. The summed E-state index contributed by atoms with van der Waals surface area (Å²) in [5, 5.41) is 25.9. The number of β-amino-alcohol motifs (C(OH)–C–C–N with tert-alkyl or cyclic N) is 1. The number of piperidine rings is 1. The zero-order valence-electron chi connectivity index (χ0n) is 24.0.